The monoisotopic (exact) mass is 240 g/mol. The summed E-state index contributed by atoms with van der Waals surface area (Å²) in [4.78, 5) is 11.8. The molecule has 3 nitrogen and oxygen atoms in total. The molecule has 0 unspecified atom stereocenters. The van der Waals surface area contributed by atoms with E-state index in [1.165, 1.54) is 0 Å². The summed E-state index contributed by atoms with van der Waals surface area (Å²) in [6, 6.07) is 5.05. The van der Waals surface area contributed by atoms with E-state index in [0.717, 1.165) is 23.5 Å². The second kappa shape index (κ2) is 6.43. The average Bonchev–Trinajstić information content (AvgIpc) is 2.29. The Balaban J connectivity index is 2.87. The normalized spacial score (nSPS) is 10.1. The van der Waals surface area contributed by atoms with Gasteiger partial charge < -0.3 is 9.84 Å². The Morgan fingerprint density at radius 1 is 1.50 bits per heavy atom. The van der Waals surface area contributed by atoms with Gasteiger partial charge in [-0.05, 0) is 30.4 Å². The van der Waals surface area contributed by atoms with E-state index in [1.54, 1.807) is 37.1 Å². The first-order valence-electron chi connectivity index (χ1n) is 5.23. The number of ether oxygens (including phenoxy) is 1. The van der Waals surface area contributed by atoms with E-state index < -0.39 is 5.97 Å². The Morgan fingerprint density at radius 2 is 2.25 bits per heavy atom. The van der Waals surface area contributed by atoms with Gasteiger partial charge in [-0.15, -0.1) is 11.8 Å². The topological polar surface area (TPSA) is 46.5 Å². The highest BCUT2D eigenvalue weighted by molar-refractivity contribution is 7.99. The van der Waals surface area contributed by atoms with Crippen molar-refractivity contribution in [2.24, 2.45) is 0 Å². The third-order valence-electron chi connectivity index (χ3n) is 2.17. The maximum atomic E-state index is 11.0. The molecule has 0 bridgehead atoms. The number of aromatic carboxylic acids is 1. The van der Waals surface area contributed by atoms with Crippen molar-refractivity contribution in [3.8, 4) is 5.75 Å². The van der Waals surface area contributed by atoms with Crippen molar-refractivity contribution in [2.45, 2.75) is 24.7 Å². The predicted octanol–water partition coefficient (Wildman–Crippen LogP) is 3.29. The first kappa shape index (κ1) is 12.9. The maximum absolute atomic E-state index is 11.0. The molecule has 0 heterocycles. The van der Waals surface area contributed by atoms with Crippen LogP contribution in [0.1, 0.15) is 30.1 Å². The molecule has 0 aromatic heterocycles. The SMILES string of the molecule is CCCCSc1cc(OC)ccc1C(=O)O. The van der Waals surface area contributed by atoms with Crippen molar-refractivity contribution in [1.29, 1.82) is 0 Å². The van der Waals surface area contributed by atoms with Crippen LogP contribution in [0.3, 0.4) is 0 Å². The maximum Gasteiger partial charge on any atom is 0.336 e. The van der Waals surface area contributed by atoms with E-state index in [0.29, 0.717) is 11.3 Å². The zero-order chi connectivity index (χ0) is 12.0. The number of thioether (sulfide) groups is 1. The number of hydrogen-bond acceptors (Lipinski definition) is 3. The van der Waals surface area contributed by atoms with Crippen LogP contribution in [-0.2, 0) is 0 Å². The summed E-state index contributed by atoms with van der Waals surface area (Å²) < 4.78 is 5.09. The average molecular weight is 240 g/mol. The minimum absolute atomic E-state index is 0.349. The number of rotatable bonds is 6. The van der Waals surface area contributed by atoms with Crippen LogP contribution in [0.4, 0.5) is 0 Å². The number of carboxylic acids is 1. The van der Waals surface area contributed by atoms with Crippen LogP contribution in [0.15, 0.2) is 23.1 Å². The van der Waals surface area contributed by atoms with E-state index in [1.807, 2.05) is 0 Å². The van der Waals surface area contributed by atoms with Gasteiger partial charge in [0.2, 0.25) is 0 Å². The molecule has 1 N–H and O–H groups in total. The Labute approximate surface area is 99.8 Å². The van der Waals surface area contributed by atoms with Gasteiger partial charge in [0.1, 0.15) is 5.75 Å². The van der Waals surface area contributed by atoms with Gasteiger partial charge in [0.25, 0.3) is 0 Å². The molecule has 1 aromatic carbocycles. The van der Waals surface area contributed by atoms with Crippen LogP contribution in [0.5, 0.6) is 5.75 Å². The molecular formula is C12H16O3S. The molecule has 0 amide bonds. The molecule has 16 heavy (non-hydrogen) atoms. The second-order valence-electron chi connectivity index (χ2n) is 3.37. The fourth-order valence-corrected chi connectivity index (χ4v) is 2.42. The van der Waals surface area contributed by atoms with E-state index in [-0.39, 0.29) is 0 Å². The Morgan fingerprint density at radius 3 is 2.81 bits per heavy atom. The largest absolute Gasteiger partial charge is 0.497 e. The molecule has 0 saturated carbocycles. The van der Waals surface area contributed by atoms with Crippen LogP contribution in [0.2, 0.25) is 0 Å². The molecule has 0 aliphatic heterocycles. The van der Waals surface area contributed by atoms with E-state index in [4.69, 9.17) is 9.84 Å². The second-order valence-corrected chi connectivity index (χ2v) is 4.51. The van der Waals surface area contributed by atoms with Crippen LogP contribution in [-0.4, -0.2) is 23.9 Å². The van der Waals surface area contributed by atoms with Crippen molar-refractivity contribution in [3.63, 3.8) is 0 Å². The lowest BCUT2D eigenvalue weighted by molar-refractivity contribution is 0.0693. The van der Waals surface area contributed by atoms with Gasteiger partial charge in [0.05, 0.1) is 12.7 Å². The molecule has 0 radical (unpaired) electrons. The molecule has 0 fully saturated rings. The zero-order valence-corrected chi connectivity index (χ0v) is 10.3. The number of carbonyl (C=O) groups is 1. The molecule has 4 heteroatoms. The molecule has 1 rings (SSSR count). The van der Waals surface area contributed by atoms with Crippen molar-refractivity contribution in [2.75, 3.05) is 12.9 Å². The lowest BCUT2D eigenvalue weighted by Gasteiger charge is -2.07. The third kappa shape index (κ3) is 3.45. The highest BCUT2D eigenvalue weighted by Crippen LogP contribution is 2.28. The number of unbranched alkanes of at least 4 members (excludes halogenated alkanes) is 1. The molecule has 0 atom stereocenters. The highest BCUT2D eigenvalue weighted by Gasteiger charge is 2.11. The van der Waals surface area contributed by atoms with Crippen molar-refractivity contribution >= 4 is 17.7 Å². The van der Waals surface area contributed by atoms with Gasteiger partial charge in [0, 0.05) is 4.90 Å². The van der Waals surface area contributed by atoms with Gasteiger partial charge >= 0.3 is 5.97 Å². The molecule has 0 spiro atoms. The first-order valence-corrected chi connectivity index (χ1v) is 6.21. The zero-order valence-electron chi connectivity index (χ0n) is 9.53. The molecule has 0 aliphatic rings. The summed E-state index contributed by atoms with van der Waals surface area (Å²) in [6.45, 7) is 2.12. The van der Waals surface area contributed by atoms with Crippen molar-refractivity contribution in [3.05, 3.63) is 23.8 Å². The van der Waals surface area contributed by atoms with Crippen LogP contribution in [0, 0.1) is 0 Å². The summed E-state index contributed by atoms with van der Waals surface area (Å²) in [5.74, 6) is 0.745. The molecule has 88 valence electrons. The van der Waals surface area contributed by atoms with Crippen molar-refractivity contribution in [1.82, 2.24) is 0 Å². The lowest BCUT2D eigenvalue weighted by Crippen LogP contribution is -1.99. The summed E-state index contributed by atoms with van der Waals surface area (Å²) in [7, 11) is 1.58. The number of benzene rings is 1. The van der Waals surface area contributed by atoms with Gasteiger partial charge in [-0.1, -0.05) is 13.3 Å². The highest BCUT2D eigenvalue weighted by atomic mass is 32.2. The quantitative estimate of drug-likeness (QED) is 0.612. The molecule has 0 saturated heterocycles. The van der Waals surface area contributed by atoms with Gasteiger partial charge in [-0.25, -0.2) is 4.79 Å². The number of methoxy groups -OCH3 is 1. The first-order chi connectivity index (χ1) is 7.69. The van der Waals surface area contributed by atoms with Gasteiger partial charge in [0.15, 0.2) is 0 Å². The minimum Gasteiger partial charge on any atom is -0.497 e. The molecule has 1 aromatic rings. The van der Waals surface area contributed by atoms with Gasteiger partial charge in [-0.2, -0.15) is 0 Å². The fourth-order valence-electron chi connectivity index (χ4n) is 1.25. The van der Waals surface area contributed by atoms with E-state index >= 15 is 0 Å². The summed E-state index contributed by atoms with van der Waals surface area (Å²) in [6.07, 6.45) is 2.19. The summed E-state index contributed by atoms with van der Waals surface area (Å²) in [5, 5.41) is 9.03. The molecule has 0 aliphatic carbocycles. The van der Waals surface area contributed by atoms with E-state index in [2.05, 4.69) is 6.92 Å². The van der Waals surface area contributed by atoms with Crippen molar-refractivity contribution < 1.29 is 14.6 Å². The van der Waals surface area contributed by atoms with Crippen LogP contribution >= 0.6 is 11.8 Å². The van der Waals surface area contributed by atoms with E-state index in [9.17, 15) is 4.79 Å². The van der Waals surface area contributed by atoms with Crippen LogP contribution < -0.4 is 4.74 Å². The minimum atomic E-state index is -0.887. The van der Waals surface area contributed by atoms with Crippen LogP contribution in [0.25, 0.3) is 0 Å². The Bertz CT molecular complexity index is 363. The standard InChI is InChI=1S/C12H16O3S/c1-3-4-7-16-11-8-9(15-2)5-6-10(11)12(13)14/h5-6,8H,3-4,7H2,1-2H3,(H,13,14). The number of carboxylic acid groups (broad SMARTS) is 1. The summed E-state index contributed by atoms with van der Waals surface area (Å²) in [5.41, 5.74) is 0.349. The third-order valence-corrected chi connectivity index (χ3v) is 3.32. The fraction of sp³-hybridized carbons (Fsp3) is 0.417. The van der Waals surface area contributed by atoms with Gasteiger partial charge in [-0.3, -0.25) is 0 Å². The Kier molecular flexibility index (Phi) is 5.19. The lowest BCUT2D eigenvalue weighted by atomic mass is 10.2. The Hall–Kier alpha value is -1.16. The summed E-state index contributed by atoms with van der Waals surface area (Å²) >= 11 is 1.57. The number of hydrogen-bond donors (Lipinski definition) is 1. The molecular weight excluding hydrogens is 224 g/mol. The smallest absolute Gasteiger partial charge is 0.336 e. The predicted molar refractivity (Wildman–Crippen MR) is 65.6 cm³/mol.